The summed E-state index contributed by atoms with van der Waals surface area (Å²) in [4.78, 5) is 0. The molecule has 0 aliphatic carbocycles. The molecule has 1 aromatic heterocycles. The number of rotatable bonds is 8. The largest absolute Gasteiger partial charge is 0.497 e. The van der Waals surface area contributed by atoms with Crippen LogP contribution in [-0.2, 0) is 32.4 Å². The minimum absolute atomic E-state index is 0.190. The van der Waals surface area contributed by atoms with Gasteiger partial charge >= 0.3 is 7.12 Å². The number of sulfonamides is 1. The van der Waals surface area contributed by atoms with Crippen molar-refractivity contribution in [3.8, 4) is 11.5 Å². The summed E-state index contributed by atoms with van der Waals surface area (Å²) in [6.45, 7) is 8.58. The zero-order chi connectivity index (χ0) is 25.6. The van der Waals surface area contributed by atoms with Crippen LogP contribution >= 0.6 is 11.3 Å². The molecule has 0 N–H and O–H groups in total. The van der Waals surface area contributed by atoms with Gasteiger partial charge in [-0.2, -0.15) is 4.31 Å². The molecule has 0 unspecified atom stereocenters. The lowest BCUT2D eigenvalue weighted by Gasteiger charge is -2.32. The molecule has 2 heterocycles. The second-order valence-electron chi connectivity index (χ2n) is 9.81. The fourth-order valence-electron chi connectivity index (χ4n) is 4.00. The first kappa shape index (κ1) is 26.0. The molecule has 0 saturated carbocycles. The van der Waals surface area contributed by atoms with Crippen LogP contribution in [-0.4, -0.2) is 51.5 Å². The van der Waals surface area contributed by atoms with Gasteiger partial charge in [0, 0.05) is 29.4 Å². The molecule has 1 aliphatic rings. The Balaban J connectivity index is 1.60. The third-order valence-corrected chi connectivity index (χ3v) is 9.05. The molecule has 0 atom stereocenters. The van der Waals surface area contributed by atoms with Gasteiger partial charge in [-0.05, 0) is 61.6 Å². The lowest BCUT2D eigenvalue weighted by molar-refractivity contribution is 0.00578. The van der Waals surface area contributed by atoms with Crippen LogP contribution in [0.1, 0.15) is 38.8 Å². The standard InChI is InChI=1S/C25H32BNO6S2/c1-24(2)25(3,4)33-26(32-24)19-9-11-21-18(16-34-23(21)12-19)15-27(35(7,28)29)14-17-8-10-20(30-5)13-22(17)31-6/h8-13,16H,14-15H2,1-7H3. The average molecular weight is 517 g/mol. The molecular formula is C25H32BNO6S2. The molecule has 0 amide bonds. The monoisotopic (exact) mass is 517 g/mol. The van der Waals surface area contributed by atoms with Crippen LogP contribution in [0.3, 0.4) is 0 Å². The number of fused-ring (bicyclic) bond motifs is 1. The number of hydrogen-bond donors (Lipinski definition) is 0. The van der Waals surface area contributed by atoms with Crippen LogP contribution in [0, 0.1) is 0 Å². The number of methoxy groups -OCH3 is 2. The maximum atomic E-state index is 12.7. The average Bonchev–Trinajstić information content (AvgIpc) is 3.28. The summed E-state index contributed by atoms with van der Waals surface area (Å²) in [7, 11) is -0.781. The zero-order valence-corrected chi connectivity index (χ0v) is 22.9. The van der Waals surface area contributed by atoms with Gasteiger partial charge in [0.05, 0.1) is 31.7 Å². The summed E-state index contributed by atoms with van der Waals surface area (Å²) in [5, 5.41) is 3.04. The molecule has 1 saturated heterocycles. The highest BCUT2D eigenvalue weighted by Crippen LogP contribution is 2.37. The third kappa shape index (κ3) is 5.22. The van der Waals surface area contributed by atoms with E-state index in [1.54, 1.807) is 37.7 Å². The van der Waals surface area contributed by atoms with Gasteiger partial charge in [0.15, 0.2) is 0 Å². The highest BCUT2D eigenvalue weighted by atomic mass is 32.2. The van der Waals surface area contributed by atoms with Gasteiger partial charge in [-0.15, -0.1) is 11.3 Å². The van der Waals surface area contributed by atoms with Crippen molar-refractivity contribution < 1.29 is 27.2 Å². The fourth-order valence-corrected chi connectivity index (χ4v) is 5.75. The van der Waals surface area contributed by atoms with E-state index in [4.69, 9.17) is 18.8 Å². The van der Waals surface area contributed by atoms with Crippen molar-refractivity contribution in [2.75, 3.05) is 20.5 Å². The number of ether oxygens (including phenoxy) is 2. The molecule has 188 valence electrons. The van der Waals surface area contributed by atoms with Gasteiger partial charge in [0.2, 0.25) is 10.0 Å². The van der Waals surface area contributed by atoms with Gasteiger partial charge in [0.1, 0.15) is 11.5 Å². The Hall–Kier alpha value is -2.11. The molecule has 10 heteroatoms. The van der Waals surface area contributed by atoms with E-state index in [-0.39, 0.29) is 13.1 Å². The van der Waals surface area contributed by atoms with E-state index < -0.39 is 28.3 Å². The molecule has 3 aromatic rings. The van der Waals surface area contributed by atoms with Crippen molar-refractivity contribution in [3.05, 3.63) is 52.9 Å². The van der Waals surface area contributed by atoms with Crippen LogP contribution in [0.4, 0.5) is 0 Å². The normalized spacial score (nSPS) is 17.3. The molecule has 2 aromatic carbocycles. The molecule has 1 aliphatic heterocycles. The molecule has 0 radical (unpaired) electrons. The first-order valence-electron chi connectivity index (χ1n) is 11.4. The van der Waals surface area contributed by atoms with Crippen molar-refractivity contribution in [2.24, 2.45) is 0 Å². The van der Waals surface area contributed by atoms with E-state index in [1.165, 1.54) is 10.6 Å². The van der Waals surface area contributed by atoms with Gasteiger partial charge in [-0.3, -0.25) is 0 Å². The van der Waals surface area contributed by atoms with Crippen molar-refractivity contribution >= 4 is 44.0 Å². The smallest absolute Gasteiger partial charge is 0.494 e. The SMILES string of the molecule is COc1ccc(CN(Cc2csc3cc(B4OC(C)(C)C(C)(C)O4)ccc23)S(C)(=O)=O)c(OC)c1. The second-order valence-corrected chi connectivity index (χ2v) is 12.7. The van der Waals surface area contributed by atoms with E-state index in [1.807, 2.05) is 51.3 Å². The first-order chi connectivity index (χ1) is 16.3. The minimum Gasteiger partial charge on any atom is -0.497 e. The Labute approximate surface area is 212 Å². The molecule has 0 spiro atoms. The highest BCUT2D eigenvalue weighted by Gasteiger charge is 2.51. The molecular weight excluding hydrogens is 485 g/mol. The molecule has 1 fully saturated rings. The van der Waals surface area contributed by atoms with Crippen LogP contribution in [0.25, 0.3) is 10.1 Å². The Morgan fingerprint density at radius 3 is 2.20 bits per heavy atom. The van der Waals surface area contributed by atoms with E-state index in [0.717, 1.165) is 26.7 Å². The van der Waals surface area contributed by atoms with Crippen LogP contribution in [0.2, 0.25) is 0 Å². The molecule has 7 nitrogen and oxygen atoms in total. The predicted molar refractivity (Wildman–Crippen MR) is 141 cm³/mol. The van der Waals surface area contributed by atoms with Gasteiger partial charge in [0.25, 0.3) is 0 Å². The lowest BCUT2D eigenvalue weighted by Crippen LogP contribution is -2.41. The predicted octanol–water partition coefficient (Wildman–Crippen LogP) is 4.18. The molecule has 35 heavy (non-hydrogen) atoms. The van der Waals surface area contributed by atoms with E-state index in [2.05, 4.69) is 6.07 Å². The topological polar surface area (TPSA) is 74.3 Å². The maximum absolute atomic E-state index is 12.7. The van der Waals surface area contributed by atoms with Gasteiger partial charge < -0.3 is 18.8 Å². The van der Waals surface area contributed by atoms with E-state index in [0.29, 0.717) is 11.5 Å². The van der Waals surface area contributed by atoms with Crippen molar-refractivity contribution in [3.63, 3.8) is 0 Å². The summed E-state index contributed by atoms with van der Waals surface area (Å²) in [5.41, 5.74) is 1.84. The number of hydrogen-bond acceptors (Lipinski definition) is 7. The zero-order valence-electron chi connectivity index (χ0n) is 21.2. The second kappa shape index (κ2) is 9.40. The molecule has 4 rings (SSSR count). The van der Waals surface area contributed by atoms with Crippen LogP contribution in [0.15, 0.2) is 41.8 Å². The first-order valence-corrected chi connectivity index (χ1v) is 14.1. The lowest BCUT2D eigenvalue weighted by atomic mass is 9.79. The maximum Gasteiger partial charge on any atom is 0.494 e. The van der Waals surface area contributed by atoms with Crippen molar-refractivity contribution in [1.82, 2.24) is 4.31 Å². The summed E-state index contributed by atoms with van der Waals surface area (Å²) in [6.07, 6.45) is 1.23. The van der Waals surface area contributed by atoms with Gasteiger partial charge in [-0.25, -0.2) is 8.42 Å². The number of thiophene rings is 1. The van der Waals surface area contributed by atoms with E-state index >= 15 is 0 Å². The Morgan fingerprint density at radius 2 is 1.60 bits per heavy atom. The van der Waals surface area contributed by atoms with Gasteiger partial charge in [-0.1, -0.05) is 18.2 Å². The molecule has 0 bridgehead atoms. The number of nitrogens with zero attached hydrogens (tertiary/aromatic N) is 1. The summed E-state index contributed by atoms with van der Waals surface area (Å²) in [6, 6.07) is 11.5. The third-order valence-electron chi connectivity index (χ3n) is 6.86. The Kier molecular flexibility index (Phi) is 6.98. The van der Waals surface area contributed by atoms with Crippen LogP contribution in [0.5, 0.6) is 11.5 Å². The van der Waals surface area contributed by atoms with Crippen LogP contribution < -0.4 is 14.9 Å². The Bertz CT molecular complexity index is 1320. The van der Waals surface area contributed by atoms with Crippen molar-refractivity contribution in [2.45, 2.75) is 52.0 Å². The summed E-state index contributed by atoms with van der Waals surface area (Å²) < 4.78 is 51.0. The Morgan fingerprint density at radius 1 is 0.943 bits per heavy atom. The van der Waals surface area contributed by atoms with Crippen molar-refractivity contribution in [1.29, 1.82) is 0 Å². The fraction of sp³-hybridized carbons (Fsp3) is 0.440. The van der Waals surface area contributed by atoms with E-state index in [9.17, 15) is 8.42 Å². The summed E-state index contributed by atoms with van der Waals surface area (Å²) in [5.74, 6) is 1.23. The highest BCUT2D eigenvalue weighted by molar-refractivity contribution is 7.88. The quantitative estimate of drug-likeness (QED) is 0.418. The number of benzene rings is 2. The summed E-state index contributed by atoms with van der Waals surface area (Å²) >= 11 is 1.58. The minimum atomic E-state index is -3.48.